The number of hydrogen-bond acceptors (Lipinski definition) is 4. The van der Waals surface area contributed by atoms with Crippen LogP contribution in [0.25, 0.3) is 0 Å². The first kappa shape index (κ1) is 21.4. The maximum atomic E-state index is 12.8. The topological polar surface area (TPSA) is 55.8 Å². The van der Waals surface area contributed by atoms with Crippen molar-refractivity contribution in [2.75, 3.05) is 13.2 Å². The standard InChI is InChI=1S/C23H32O4/c1-3-5-13-23(15-12-21(27-4-2)16-22(23)25)14-11-20(24)18-26-17-19-9-7-6-8-10-19/h6-11,14,16,20,24H,3-5,12-13,15,17-18H2,1-2H3/b14-11+/t20-,23-/m1/s1. The number of unbranched alkanes of at least 4 members (excludes halogenated alkanes) is 1. The largest absolute Gasteiger partial charge is 0.498 e. The van der Waals surface area contributed by atoms with Crippen molar-refractivity contribution in [3.63, 3.8) is 0 Å². The monoisotopic (exact) mass is 372 g/mol. The van der Waals surface area contributed by atoms with Gasteiger partial charge in [0.05, 0.1) is 37.1 Å². The predicted molar refractivity (Wildman–Crippen MR) is 107 cm³/mol. The highest BCUT2D eigenvalue weighted by molar-refractivity contribution is 5.97. The number of ether oxygens (including phenoxy) is 2. The highest BCUT2D eigenvalue weighted by atomic mass is 16.5. The molecule has 27 heavy (non-hydrogen) atoms. The van der Waals surface area contributed by atoms with Gasteiger partial charge in [0.25, 0.3) is 0 Å². The third-order valence-electron chi connectivity index (χ3n) is 4.94. The van der Waals surface area contributed by atoms with E-state index >= 15 is 0 Å². The third-order valence-corrected chi connectivity index (χ3v) is 4.94. The maximum absolute atomic E-state index is 12.8. The number of carbonyl (C=O) groups is 1. The van der Waals surface area contributed by atoms with E-state index < -0.39 is 11.5 Å². The molecule has 1 aliphatic carbocycles. The third kappa shape index (κ3) is 6.64. The molecule has 0 aliphatic heterocycles. The smallest absolute Gasteiger partial charge is 0.168 e. The molecule has 0 fully saturated rings. The predicted octanol–water partition coefficient (Wildman–Crippen LogP) is 4.58. The van der Waals surface area contributed by atoms with E-state index in [2.05, 4.69) is 6.92 Å². The first-order chi connectivity index (χ1) is 13.1. The van der Waals surface area contributed by atoms with Gasteiger partial charge in [-0.25, -0.2) is 0 Å². The molecular formula is C23H32O4. The van der Waals surface area contributed by atoms with Gasteiger partial charge in [-0.1, -0.05) is 62.2 Å². The highest BCUT2D eigenvalue weighted by Crippen LogP contribution is 2.39. The van der Waals surface area contributed by atoms with Gasteiger partial charge in [-0.15, -0.1) is 0 Å². The molecular weight excluding hydrogens is 340 g/mol. The minimum absolute atomic E-state index is 0.0827. The number of carbonyl (C=O) groups excluding carboxylic acids is 1. The normalized spacial score (nSPS) is 21.3. The Hall–Kier alpha value is -1.91. The molecule has 0 aromatic heterocycles. The second-order valence-corrected chi connectivity index (χ2v) is 7.09. The minimum Gasteiger partial charge on any atom is -0.498 e. The van der Waals surface area contributed by atoms with Gasteiger partial charge in [-0.3, -0.25) is 4.79 Å². The summed E-state index contributed by atoms with van der Waals surface area (Å²) in [5.74, 6) is 0.856. The maximum Gasteiger partial charge on any atom is 0.168 e. The van der Waals surface area contributed by atoms with Crippen molar-refractivity contribution >= 4 is 5.78 Å². The molecule has 1 aromatic rings. The summed E-state index contributed by atoms with van der Waals surface area (Å²) in [6.45, 7) is 5.30. The van der Waals surface area contributed by atoms with E-state index in [-0.39, 0.29) is 12.4 Å². The number of ketones is 1. The molecule has 0 unspecified atom stereocenters. The molecule has 0 bridgehead atoms. The van der Waals surface area contributed by atoms with E-state index in [1.54, 1.807) is 12.2 Å². The molecule has 0 spiro atoms. The second kappa shape index (κ2) is 11.1. The zero-order valence-electron chi connectivity index (χ0n) is 16.5. The first-order valence-electron chi connectivity index (χ1n) is 9.96. The number of benzene rings is 1. The van der Waals surface area contributed by atoms with Crippen molar-refractivity contribution < 1.29 is 19.4 Å². The average Bonchev–Trinajstić information content (AvgIpc) is 2.68. The Labute approximate surface area is 162 Å². The Kier molecular flexibility index (Phi) is 8.76. The summed E-state index contributed by atoms with van der Waals surface area (Å²) in [6.07, 6.45) is 8.84. The summed E-state index contributed by atoms with van der Waals surface area (Å²) >= 11 is 0. The SMILES string of the molecule is CCCC[C@@]1(/C=C/[C@@H](O)COCc2ccccc2)CCC(OCC)=CC1=O. The molecule has 1 aromatic carbocycles. The lowest BCUT2D eigenvalue weighted by Gasteiger charge is -2.32. The van der Waals surface area contributed by atoms with E-state index in [1.807, 2.05) is 43.3 Å². The van der Waals surface area contributed by atoms with Crippen molar-refractivity contribution in [1.29, 1.82) is 0 Å². The molecule has 0 saturated heterocycles. The molecule has 0 heterocycles. The molecule has 0 amide bonds. The number of aliphatic hydroxyl groups excluding tert-OH is 1. The number of hydrogen-bond donors (Lipinski definition) is 1. The van der Waals surface area contributed by atoms with Gasteiger partial charge in [-0.2, -0.15) is 0 Å². The molecule has 1 N–H and O–H groups in total. The van der Waals surface area contributed by atoms with Crippen molar-refractivity contribution in [1.82, 2.24) is 0 Å². The van der Waals surface area contributed by atoms with Gasteiger partial charge in [0.2, 0.25) is 0 Å². The molecule has 0 radical (unpaired) electrons. The van der Waals surface area contributed by atoms with Crippen LogP contribution in [-0.2, 0) is 20.9 Å². The van der Waals surface area contributed by atoms with Crippen LogP contribution in [0.1, 0.15) is 51.5 Å². The van der Waals surface area contributed by atoms with Crippen LogP contribution >= 0.6 is 0 Å². The molecule has 148 valence electrons. The molecule has 4 nitrogen and oxygen atoms in total. The van der Waals surface area contributed by atoms with E-state index in [9.17, 15) is 9.90 Å². The van der Waals surface area contributed by atoms with Crippen LogP contribution in [0, 0.1) is 5.41 Å². The van der Waals surface area contributed by atoms with E-state index in [0.29, 0.717) is 13.2 Å². The summed E-state index contributed by atoms with van der Waals surface area (Å²) in [5, 5.41) is 10.3. The summed E-state index contributed by atoms with van der Waals surface area (Å²) in [7, 11) is 0. The summed E-state index contributed by atoms with van der Waals surface area (Å²) in [4.78, 5) is 12.8. The van der Waals surface area contributed by atoms with Crippen LogP contribution in [0.4, 0.5) is 0 Å². The lowest BCUT2D eigenvalue weighted by molar-refractivity contribution is -0.123. The lowest BCUT2D eigenvalue weighted by Crippen LogP contribution is -2.32. The molecule has 4 heteroatoms. The van der Waals surface area contributed by atoms with Crippen LogP contribution in [0.15, 0.2) is 54.3 Å². The van der Waals surface area contributed by atoms with Gasteiger partial charge in [0.15, 0.2) is 5.78 Å². The highest BCUT2D eigenvalue weighted by Gasteiger charge is 2.37. The fourth-order valence-corrected chi connectivity index (χ4v) is 3.34. The Morgan fingerprint density at radius 1 is 1.26 bits per heavy atom. The van der Waals surface area contributed by atoms with Crippen molar-refractivity contribution in [2.24, 2.45) is 5.41 Å². The molecule has 2 rings (SSSR count). The van der Waals surface area contributed by atoms with Gasteiger partial charge < -0.3 is 14.6 Å². The Morgan fingerprint density at radius 3 is 2.70 bits per heavy atom. The fourth-order valence-electron chi connectivity index (χ4n) is 3.34. The van der Waals surface area contributed by atoms with Crippen LogP contribution in [-0.4, -0.2) is 30.2 Å². The van der Waals surface area contributed by atoms with Crippen molar-refractivity contribution in [3.8, 4) is 0 Å². The minimum atomic E-state index is -0.725. The number of allylic oxidation sites excluding steroid dienone is 3. The summed E-state index contributed by atoms with van der Waals surface area (Å²) in [6, 6.07) is 9.87. The Morgan fingerprint density at radius 2 is 2.04 bits per heavy atom. The van der Waals surface area contributed by atoms with Crippen LogP contribution in [0.3, 0.4) is 0 Å². The van der Waals surface area contributed by atoms with E-state index in [0.717, 1.165) is 43.4 Å². The lowest BCUT2D eigenvalue weighted by atomic mass is 9.71. The van der Waals surface area contributed by atoms with Crippen LogP contribution < -0.4 is 0 Å². The summed E-state index contributed by atoms with van der Waals surface area (Å²) < 4.78 is 11.1. The van der Waals surface area contributed by atoms with Crippen LogP contribution in [0.2, 0.25) is 0 Å². The van der Waals surface area contributed by atoms with E-state index in [4.69, 9.17) is 9.47 Å². The first-order valence-corrected chi connectivity index (χ1v) is 9.96. The van der Waals surface area contributed by atoms with E-state index in [1.165, 1.54) is 0 Å². The number of aliphatic hydroxyl groups is 1. The molecule has 0 saturated carbocycles. The van der Waals surface area contributed by atoms with Gasteiger partial charge in [0, 0.05) is 12.5 Å². The van der Waals surface area contributed by atoms with Gasteiger partial charge in [-0.05, 0) is 25.3 Å². The summed E-state index contributed by atoms with van der Waals surface area (Å²) in [5.41, 5.74) is 0.543. The van der Waals surface area contributed by atoms with Crippen LogP contribution in [0.5, 0.6) is 0 Å². The fraction of sp³-hybridized carbons (Fsp3) is 0.522. The Balaban J connectivity index is 1.95. The Bertz CT molecular complexity index is 635. The van der Waals surface area contributed by atoms with Gasteiger partial charge in [0.1, 0.15) is 0 Å². The molecule has 2 atom stereocenters. The molecule has 1 aliphatic rings. The van der Waals surface area contributed by atoms with Crippen molar-refractivity contribution in [2.45, 2.75) is 58.7 Å². The second-order valence-electron chi connectivity index (χ2n) is 7.09. The quantitative estimate of drug-likeness (QED) is 0.578. The zero-order chi connectivity index (χ0) is 19.5. The van der Waals surface area contributed by atoms with Crippen molar-refractivity contribution in [3.05, 3.63) is 59.9 Å². The van der Waals surface area contributed by atoms with Gasteiger partial charge >= 0.3 is 0 Å². The zero-order valence-corrected chi connectivity index (χ0v) is 16.5. The number of rotatable bonds is 11. The average molecular weight is 373 g/mol.